The minimum absolute atomic E-state index is 0.951. The third kappa shape index (κ3) is 4.50. The quantitative estimate of drug-likeness (QED) is 0.150. The summed E-state index contributed by atoms with van der Waals surface area (Å²) in [5.74, 6) is 0. The van der Waals surface area contributed by atoms with Crippen molar-refractivity contribution in [2.75, 3.05) is 0 Å². The molecule has 0 radical (unpaired) electrons. The SMILES string of the molecule is c1ccc(-c2cccc(-c3cc4c5c6c3Cc3cc(-c7cccc(-c8ccccc8)c7)c7c(c36)c3c(cc(-c6cccc(-c8ccccc8)c6)c(c53)C4)C7)c2)cc1. The molecule has 0 atom stereocenters. The van der Waals surface area contributed by atoms with Crippen LogP contribution in [-0.2, 0) is 19.3 Å². The van der Waals surface area contributed by atoms with Crippen molar-refractivity contribution in [3.05, 3.63) is 215 Å². The molecule has 0 amide bonds. The highest BCUT2D eigenvalue weighted by Crippen LogP contribution is 2.58. The Kier molecular flexibility index (Phi) is 6.43. The summed E-state index contributed by atoms with van der Waals surface area (Å²) in [6.07, 6.45) is 2.85. The molecule has 0 aromatic heterocycles. The van der Waals surface area contributed by atoms with E-state index in [2.05, 4.69) is 182 Å². The predicted molar refractivity (Wildman–Crippen MR) is 240 cm³/mol. The molecule has 0 heteroatoms. The minimum Gasteiger partial charge on any atom is -0.0622 e. The molecule has 0 fully saturated rings. The molecule has 0 saturated heterocycles. The zero-order chi connectivity index (χ0) is 37.2. The maximum atomic E-state index is 2.58. The highest BCUT2D eigenvalue weighted by atomic mass is 14.4. The summed E-state index contributed by atoms with van der Waals surface area (Å²) < 4.78 is 0. The Hall–Kier alpha value is -7.02. The Labute approximate surface area is 332 Å². The van der Waals surface area contributed by atoms with Crippen molar-refractivity contribution in [2.24, 2.45) is 0 Å². The van der Waals surface area contributed by atoms with Gasteiger partial charge in [-0.25, -0.2) is 0 Å². The first kappa shape index (κ1) is 31.2. The van der Waals surface area contributed by atoms with Crippen LogP contribution >= 0.6 is 0 Å². The summed E-state index contributed by atoms with van der Waals surface area (Å²) >= 11 is 0. The highest BCUT2D eigenvalue weighted by molar-refractivity contribution is 6.35. The third-order valence-corrected chi connectivity index (χ3v) is 13.2. The van der Waals surface area contributed by atoms with E-state index in [1.165, 1.54) is 132 Å². The van der Waals surface area contributed by atoms with Gasteiger partial charge in [0.05, 0.1) is 0 Å². The second-order valence-electron chi connectivity index (χ2n) is 16.3. The van der Waals surface area contributed by atoms with Gasteiger partial charge in [0.25, 0.3) is 0 Å². The van der Waals surface area contributed by atoms with E-state index in [0.717, 1.165) is 19.3 Å². The summed E-state index contributed by atoms with van der Waals surface area (Å²) in [7, 11) is 0. The summed E-state index contributed by atoms with van der Waals surface area (Å²) in [5.41, 5.74) is 24.6. The fraction of sp³-hybridized carbons (Fsp3) is 0.0526. The van der Waals surface area contributed by atoms with Crippen molar-refractivity contribution in [3.8, 4) is 66.8 Å². The van der Waals surface area contributed by atoms with Crippen LogP contribution in [0.15, 0.2) is 182 Å². The lowest BCUT2D eigenvalue weighted by Gasteiger charge is -2.15. The fourth-order valence-corrected chi connectivity index (χ4v) is 10.8. The van der Waals surface area contributed by atoms with E-state index in [4.69, 9.17) is 0 Å². The topological polar surface area (TPSA) is 0 Å². The van der Waals surface area contributed by atoms with Crippen LogP contribution in [0.1, 0.15) is 33.4 Å². The average molecular weight is 721 g/mol. The second-order valence-corrected chi connectivity index (χ2v) is 16.3. The van der Waals surface area contributed by atoms with Crippen LogP contribution in [0.4, 0.5) is 0 Å². The number of benzene rings is 10. The molecule has 10 aromatic rings. The number of hydrogen-bond donors (Lipinski definition) is 0. The number of rotatable bonds is 6. The van der Waals surface area contributed by atoms with Gasteiger partial charge < -0.3 is 0 Å². The van der Waals surface area contributed by atoms with Crippen LogP contribution in [0, 0.1) is 0 Å². The van der Waals surface area contributed by atoms with Gasteiger partial charge in [0, 0.05) is 0 Å². The summed E-state index contributed by atoms with van der Waals surface area (Å²) in [5, 5.41) is 9.07. The molecule has 0 unspecified atom stereocenters. The van der Waals surface area contributed by atoms with Gasteiger partial charge in [-0.15, -0.1) is 0 Å². The van der Waals surface area contributed by atoms with Crippen molar-refractivity contribution in [1.29, 1.82) is 0 Å². The summed E-state index contributed by atoms with van der Waals surface area (Å²) in [6.45, 7) is 0. The first-order valence-corrected chi connectivity index (χ1v) is 20.3. The Morgan fingerprint density at radius 2 is 0.474 bits per heavy atom. The molecule has 0 heterocycles. The van der Waals surface area contributed by atoms with Crippen LogP contribution in [0.25, 0.3) is 99.1 Å². The Balaban J connectivity index is 1.09. The van der Waals surface area contributed by atoms with E-state index in [-0.39, 0.29) is 0 Å². The molecule has 3 aliphatic carbocycles. The normalized spacial score (nSPS) is 13.1. The van der Waals surface area contributed by atoms with Gasteiger partial charge >= 0.3 is 0 Å². The van der Waals surface area contributed by atoms with E-state index >= 15 is 0 Å². The van der Waals surface area contributed by atoms with Gasteiger partial charge in [-0.05, 0) is 188 Å². The summed E-state index contributed by atoms with van der Waals surface area (Å²) in [4.78, 5) is 0. The van der Waals surface area contributed by atoms with Crippen LogP contribution < -0.4 is 0 Å². The number of hydrogen-bond acceptors (Lipinski definition) is 0. The van der Waals surface area contributed by atoms with Gasteiger partial charge in [0.15, 0.2) is 0 Å². The maximum Gasteiger partial charge on any atom is -0.000660 e. The van der Waals surface area contributed by atoms with Gasteiger partial charge in [-0.3, -0.25) is 0 Å². The molecule has 3 aliphatic rings. The third-order valence-electron chi connectivity index (χ3n) is 13.2. The molecule has 57 heavy (non-hydrogen) atoms. The predicted octanol–water partition coefficient (Wildman–Crippen LogP) is 14.9. The fourth-order valence-electron chi connectivity index (χ4n) is 10.8. The van der Waals surface area contributed by atoms with Crippen molar-refractivity contribution in [1.82, 2.24) is 0 Å². The zero-order valence-corrected chi connectivity index (χ0v) is 31.4. The van der Waals surface area contributed by atoms with E-state index in [1.54, 1.807) is 0 Å². The van der Waals surface area contributed by atoms with Crippen LogP contribution in [-0.4, -0.2) is 0 Å². The molecule has 0 bridgehead atoms. The summed E-state index contributed by atoms with van der Waals surface area (Å²) in [6, 6.07) is 68.0. The van der Waals surface area contributed by atoms with E-state index in [9.17, 15) is 0 Å². The molecule has 13 rings (SSSR count). The standard InChI is InChI=1S/C57H36/c1-4-13-34(14-5-1)37-19-10-22-40(25-37)46-28-43-32-50-48(42-24-12-21-39(27-42)36-17-8-3-9-18-36)30-45-33-51-47(41-23-11-20-38(26-41)35-15-6-2-7-16-35)29-44-31-49(46)55-52(43)56(50)54(45)57(51)53(44)55/h1-30H,31-33H2. The van der Waals surface area contributed by atoms with Crippen molar-refractivity contribution < 1.29 is 0 Å². The van der Waals surface area contributed by atoms with Crippen LogP contribution in [0.2, 0.25) is 0 Å². The van der Waals surface area contributed by atoms with Gasteiger partial charge in [-0.2, -0.15) is 0 Å². The lowest BCUT2D eigenvalue weighted by atomic mass is 9.88. The molecular formula is C57H36. The van der Waals surface area contributed by atoms with Gasteiger partial charge in [-0.1, -0.05) is 146 Å². The first-order chi connectivity index (χ1) is 28.2. The lowest BCUT2D eigenvalue weighted by Crippen LogP contribution is -1.93. The lowest BCUT2D eigenvalue weighted by molar-refractivity contribution is 1.24. The first-order valence-electron chi connectivity index (χ1n) is 20.3. The van der Waals surface area contributed by atoms with Gasteiger partial charge in [0.2, 0.25) is 0 Å². The molecule has 10 aromatic carbocycles. The van der Waals surface area contributed by atoms with Crippen LogP contribution in [0.5, 0.6) is 0 Å². The largest absolute Gasteiger partial charge is 0.0622 e. The average Bonchev–Trinajstić information content (AvgIpc) is 3.98. The highest BCUT2D eigenvalue weighted by Gasteiger charge is 2.36. The molecular weight excluding hydrogens is 685 g/mol. The van der Waals surface area contributed by atoms with Gasteiger partial charge in [0.1, 0.15) is 0 Å². The van der Waals surface area contributed by atoms with Crippen molar-refractivity contribution in [2.45, 2.75) is 19.3 Å². The molecule has 264 valence electrons. The van der Waals surface area contributed by atoms with Crippen LogP contribution in [0.3, 0.4) is 0 Å². The molecule has 0 nitrogen and oxygen atoms in total. The molecule has 0 aliphatic heterocycles. The molecule has 0 N–H and O–H groups in total. The van der Waals surface area contributed by atoms with E-state index in [0.29, 0.717) is 0 Å². The minimum atomic E-state index is 0.951. The molecule has 0 spiro atoms. The monoisotopic (exact) mass is 720 g/mol. The van der Waals surface area contributed by atoms with E-state index < -0.39 is 0 Å². The smallest absolute Gasteiger partial charge is 0.000660 e. The Morgan fingerprint density at radius 3 is 0.772 bits per heavy atom. The van der Waals surface area contributed by atoms with Crippen molar-refractivity contribution >= 4 is 32.3 Å². The zero-order valence-electron chi connectivity index (χ0n) is 31.4. The molecule has 0 saturated carbocycles. The van der Waals surface area contributed by atoms with Crippen molar-refractivity contribution in [3.63, 3.8) is 0 Å². The van der Waals surface area contributed by atoms with E-state index in [1.807, 2.05) is 0 Å². The Bertz CT molecular complexity index is 2940. The second kappa shape index (κ2) is 11.7. The Morgan fingerprint density at radius 1 is 0.211 bits per heavy atom. The maximum absolute atomic E-state index is 2.58.